The van der Waals surface area contributed by atoms with Crippen molar-refractivity contribution in [2.75, 3.05) is 13.2 Å². The summed E-state index contributed by atoms with van der Waals surface area (Å²) in [5, 5.41) is 0. The molecule has 0 aliphatic carbocycles. The smallest absolute Gasteiger partial charge is 0.191 e. The number of hydrogen-bond donors (Lipinski definition) is 0. The average molecular weight is 210 g/mol. The molecule has 3 heteroatoms. The molecule has 2 heterocycles. The van der Waals surface area contributed by atoms with Crippen molar-refractivity contribution in [1.82, 2.24) is 0 Å². The topological polar surface area (TPSA) is 27.7 Å². The van der Waals surface area contributed by atoms with Gasteiger partial charge in [-0.25, -0.2) is 0 Å². The predicted molar refractivity (Wildman–Crippen MR) is 57.3 cm³/mol. The summed E-state index contributed by atoms with van der Waals surface area (Å²) in [7, 11) is 0. The van der Waals surface area contributed by atoms with Crippen molar-refractivity contribution in [1.29, 1.82) is 0 Å². The lowest BCUT2D eigenvalue weighted by molar-refractivity contribution is -0.295. The number of ether oxygens (including phenoxy) is 3. The first kappa shape index (κ1) is 10.9. The maximum Gasteiger partial charge on any atom is 0.191 e. The van der Waals surface area contributed by atoms with Crippen LogP contribution >= 0.6 is 0 Å². The van der Waals surface area contributed by atoms with Gasteiger partial charge in [0.25, 0.3) is 0 Å². The number of hydrogen-bond acceptors (Lipinski definition) is 3. The molecule has 2 unspecified atom stereocenters. The standard InChI is InChI=1S/C12H18O3/c1-3-11(7-5-9-13-11)15-12(4-2)8-6-10-14-12/h3-4H,1-2,5-10H2. The zero-order chi connectivity index (χ0) is 10.8. The van der Waals surface area contributed by atoms with Crippen molar-refractivity contribution in [3.05, 3.63) is 25.3 Å². The summed E-state index contributed by atoms with van der Waals surface area (Å²) in [5.41, 5.74) is 0. The van der Waals surface area contributed by atoms with Crippen molar-refractivity contribution in [3.8, 4) is 0 Å². The first-order valence-electron chi connectivity index (χ1n) is 5.49. The highest BCUT2D eigenvalue weighted by molar-refractivity contribution is 5.00. The van der Waals surface area contributed by atoms with Gasteiger partial charge in [0.2, 0.25) is 0 Å². The molecule has 0 radical (unpaired) electrons. The van der Waals surface area contributed by atoms with Crippen molar-refractivity contribution in [3.63, 3.8) is 0 Å². The van der Waals surface area contributed by atoms with E-state index in [0.29, 0.717) is 0 Å². The minimum absolute atomic E-state index is 0.668. The van der Waals surface area contributed by atoms with Crippen molar-refractivity contribution in [2.24, 2.45) is 0 Å². The number of rotatable bonds is 4. The Morgan fingerprint density at radius 3 is 1.67 bits per heavy atom. The SMILES string of the molecule is C=CC1(OC2(C=C)CCCO2)CCCO1. The summed E-state index contributed by atoms with van der Waals surface area (Å²) in [6.07, 6.45) is 7.14. The van der Waals surface area contributed by atoms with Gasteiger partial charge in [0.05, 0.1) is 13.2 Å². The highest BCUT2D eigenvalue weighted by Crippen LogP contribution is 2.38. The Balaban J connectivity index is 2.10. The van der Waals surface area contributed by atoms with Gasteiger partial charge in [0.15, 0.2) is 11.6 Å². The maximum atomic E-state index is 5.97. The molecule has 0 bridgehead atoms. The molecule has 2 rings (SSSR count). The van der Waals surface area contributed by atoms with Gasteiger partial charge in [0, 0.05) is 12.8 Å². The van der Waals surface area contributed by atoms with Crippen molar-refractivity contribution < 1.29 is 14.2 Å². The van der Waals surface area contributed by atoms with E-state index in [-0.39, 0.29) is 0 Å². The molecule has 2 fully saturated rings. The lowest BCUT2D eigenvalue weighted by Gasteiger charge is -2.34. The van der Waals surface area contributed by atoms with Gasteiger partial charge >= 0.3 is 0 Å². The Morgan fingerprint density at radius 1 is 0.933 bits per heavy atom. The summed E-state index contributed by atoms with van der Waals surface area (Å²) < 4.78 is 17.2. The van der Waals surface area contributed by atoms with Gasteiger partial charge in [-0.05, 0) is 25.0 Å². The molecule has 2 aliphatic heterocycles. The zero-order valence-corrected chi connectivity index (χ0v) is 9.04. The van der Waals surface area contributed by atoms with E-state index in [1.165, 1.54) is 0 Å². The molecule has 0 amide bonds. The van der Waals surface area contributed by atoms with E-state index in [9.17, 15) is 0 Å². The van der Waals surface area contributed by atoms with E-state index in [1.54, 1.807) is 12.2 Å². The van der Waals surface area contributed by atoms with Crippen LogP contribution in [0.5, 0.6) is 0 Å². The van der Waals surface area contributed by atoms with Crippen LogP contribution in [0.4, 0.5) is 0 Å². The van der Waals surface area contributed by atoms with E-state index in [1.807, 2.05) is 0 Å². The zero-order valence-electron chi connectivity index (χ0n) is 9.04. The second-order valence-electron chi connectivity index (χ2n) is 4.04. The third-order valence-electron chi connectivity index (χ3n) is 3.00. The lowest BCUT2D eigenvalue weighted by atomic mass is 10.1. The maximum absolute atomic E-state index is 5.97. The Labute approximate surface area is 90.7 Å². The van der Waals surface area contributed by atoms with E-state index in [2.05, 4.69) is 13.2 Å². The molecule has 84 valence electrons. The third-order valence-corrected chi connectivity index (χ3v) is 3.00. The largest absolute Gasteiger partial charge is 0.346 e. The second kappa shape index (κ2) is 4.08. The predicted octanol–water partition coefficient (Wildman–Crippen LogP) is 2.39. The minimum atomic E-state index is -0.668. The van der Waals surface area contributed by atoms with Gasteiger partial charge in [-0.2, -0.15) is 0 Å². The normalized spacial score (nSPS) is 40.5. The molecular formula is C12H18O3. The molecule has 0 spiro atoms. The van der Waals surface area contributed by atoms with Crippen LogP contribution < -0.4 is 0 Å². The molecular weight excluding hydrogens is 192 g/mol. The van der Waals surface area contributed by atoms with Crippen LogP contribution in [-0.2, 0) is 14.2 Å². The monoisotopic (exact) mass is 210 g/mol. The van der Waals surface area contributed by atoms with Crippen molar-refractivity contribution >= 4 is 0 Å². The summed E-state index contributed by atoms with van der Waals surface area (Å²) >= 11 is 0. The van der Waals surface area contributed by atoms with Gasteiger partial charge in [-0.15, -0.1) is 0 Å². The van der Waals surface area contributed by atoms with E-state index >= 15 is 0 Å². The molecule has 2 aliphatic rings. The first-order chi connectivity index (χ1) is 7.24. The molecule has 3 nitrogen and oxygen atoms in total. The van der Waals surface area contributed by atoms with Crippen LogP contribution in [0, 0.1) is 0 Å². The van der Waals surface area contributed by atoms with Crippen LogP contribution in [0.1, 0.15) is 25.7 Å². The average Bonchev–Trinajstić information content (AvgIpc) is 2.89. The molecule has 0 aromatic rings. The highest BCUT2D eigenvalue weighted by Gasteiger charge is 2.44. The highest BCUT2D eigenvalue weighted by atomic mass is 16.8. The van der Waals surface area contributed by atoms with E-state index in [0.717, 1.165) is 38.9 Å². The second-order valence-corrected chi connectivity index (χ2v) is 4.04. The van der Waals surface area contributed by atoms with Crippen LogP contribution in [0.3, 0.4) is 0 Å². The third kappa shape index (κ3) is 2.00. The van der Waals surface area contributed by atoms with Crippen LogP contribution in [0.15, 0.2) is 25.3 Å². The molecule has 0 N–H and O–H groups in total. The summed E-state index contributed by atoms with van der Waals surface area (Å²) in [5.74, 6) is -1.34. The summed E-state index contributed by atoms with van der Waals surface area (Å²) in [4.78, 5) is 0. The summed E-state index contributed by atoms with van der Waals surface area (Å²) in [6.45, 7) is 9.01. The van der Waals surface area contributed by atoms with E-state index < -0.39 is 11.6 Å². The fraction of sp³-hybridized carbons (Fsp3) is 0.667. The Bertz CT molecular complexity index is 222. The minimum Gasteiger partial charge on any atom is -0.346 e. The van der Waals surface area contributed by atoms with Gasteiger partial charge in [0.1, 0.15) is 0 Å². The molecule has 0 aromatic carbocycles. The van der Waals surface area contributed by atoms with Crippen LogP contribution in [0.25, 0.3) is 0 Å². The quantitative estimate of drug-likeness (QED) is 0.667. The fourth-order valence-corrected chi connectivity index (χ4v) is 2.13. The molecule has 2 atom stereocenters. The molecule has 0 aromatic heterocycles. The Morgan fingerprint density at radius 2 is 1.40 bits per heavy atom. The van der Waals surface area contributed by atoms with Gasteiger partial charge < -0.3 is 14.2 Å². The first-order valence-corrected chi connectivity index (χ1v) is 5.49. The molecule has 15 heavy (non-hydrogen) atoms. The van der Waals surface area contributed by atoms with Gasteiger partial charge in [-0.1, -0.05) is 13.2 Å². The fourth-order valence-electron chi connectivity index (χ4n) is 2.13. The summed E-state index contributed by atoms with van der Waals surface area (Å²) in [6, 6.07) is 0. The van der Waals surface area contributed by atoms with Crippen molar-refractivity contribution in [2.45, 2.75) is 37.3 Å². The molecule has 2 saturated heterocycles. The van der Waals surface area contributed by atoms with Gasteiger partial charge in [-0.3, -0.25) is 0 Å². The van der Waals surface area contributed by atoms with Crippen LogP contribution in [0.2, 0.25) is 0 Å². The Kier molecular flexibility index (Phi) is 2.96. The lowest BCUT2D eigenvalue weighted by Crippen LogP contribution is -2.41. The van der Waals surface area contributed by atoms with Crippen LogP contribution in [-0.4, -0.2) is 24.8 Å². The Hall–Kier alpha value is -0.640. The van der Waals surface area contributed by atoms with E-state index in [4.69, 9.17) is 14.2 Å². The molecule has 0 saturated carbocycles.